The first-order valence-corrected chi connectivity index (χ1v) is 14.4. The third kappa shape index (κ3) is 7.47. The number of nitrogens with zero attached hydrogens (tertiary/aromatic N) is 2. The van der Waals surface area contributed by atoms with Gasteiger partial charge in [-0.25, -0.2) is 22.6 Å². The third-order valence-corrected chi connectivity index (χ3v) is 8.45. The SMILES string of the molecule is CC(C)(C)OC(=O)N(CC(=O)O)c1cccc(C(N)(Cc2ccc(C(C)(C)C)cc2)S(=O)(=O)c2ccc(F)cc2)n1. The van der Waals surface area contributed by atoms with Crippen LogP contribution >= 0.6 is 0 Å². The van der Waals surface area contributed by atoms with Crippen LogP contribution in [0.1, 0.15) is 58.4 Å². The Hall–Kier alpha value is -3.83. The average Bonchev–Trinajstić information content (AvgIpc) is 2.86. The minimum atomic E-state index is -4.42. The minimum Gasteiger partial charge on any atom is -0.480 e. The van der Waals surface area contributed by atoms with E-state index in [1.165, 1.54) is 18.2 Å². The van der Waals surface area contributed by atoms with E-state index >= 15 is 0 Å². The summed E-state index contributed by atoms with van der Waals surface area (Å²) in [5.41, 5.74) is 7.19. The molecule has 0 spiro atoms. The quantitative estimate of drug-likeness (QED) is 0.345. The number of sulfone groups is 1. The Kier molecular flexibility index (Phi) is 8.95. The summed E-state index contributed by atoms with van der Waals surface area (Å²) in [5, 5.41) is 9.47. The molecular weight excluding hydrogens is 549 g/mol. The molecule has 1 heterocycles. The van der Waals surface area contributed by atoms with E-state index in [0.29, 0.717) is 5.56 Å². The number of anilines is 1. The van der Waals surface area contributed by atoms with Crippen molar-refractivity contribution in [1.29, 1.82) is 0 Å². The highest BCUT2D eigenvalue weighted by Crippen LogP contribution is 2.35. The van der Waals surface area contributed by atoms with Crippen molar-refractivity contribution in [3.8, 4) is 0 Å². The number of halogens is 1. The van der Waals surface area contributed by atoms with Crippen LogP contribution in [-0.4, -0.2) is 42.7 Å². The molecule has 1 aromatic heterocycles. The molecule has 0 aliphatic carbocycles. The van der Waals surface area contributed by atoms with Gasteiger partial charge >= 0.3 is 12.1 Å². The van der Waals surface area contributed by atoms with Crippen LogP contribution in [0.3, 0.4) is 0 Å². The highest BCUT2D eigenvalue weighted by atomic mass is 32.2. The van der Waals surface area contributed by atoms with Crippen LogP contribution in [0.25, 0.3) is 0 Å². The number of amides is 1. The van der Waals surface area contributed by atoms with Crippen LogP contribution in [0.2, 0.25) is 0 Å². The predicted octanol–water partition coefficient (Wildman–Crippen LogP) is 5.17. The number of ether oxygens (including phenoxy) is 1. The molecule has 0 aliphatic rings. The summed E-state index contributed by atoms with van der Waals surface area (Å²) in [6, 6.07) is 15.8. The fraction of sp³-hybridized carbons (Fsp3) is 0.367. The topological polar surface area (TPSA) is 140 Å². The van der Waals surface area contributed by atoms with Crippen LogP contribution in [0.15, 0.2) is 71.6 Å². The summed E-state index contributed by atoms with van der Waals surface area (Å²) in [5.74, 6) is -2.11. The molecule has 9 nitrogen and oxygen atoms in total. The molecule has 0 bridgehead atoms. The molecule has 1 amide bonds. The molecule has 3 N–H and O–H groups in total. The van der Waals surface area contributed by atoms with Gasteiger partial charge in [0.2, 0.25) is 9.84 Å². The normalized spacial score (nSPS) is 13.8. The smallest absolute Gasteiger partial charge is 0.416 e. The summed E-state index contributed by atoms with van der Waals surface area (Å²) in [7, 11) is -4.42. The maximum absolute atomic E-state index is 14.1. The van der Waals surface area contributed by atoms with E-state index in [4.69, 9.17) is 10.5 Å². The standard InChI is InChI=1S/C30H36FN3O6S/c1-28(2,3)21-12-10-20(11-13-21)18-30(32,41(38,39)23-16-14-22(31)15-17-23)24-8-7-9-25(33-24)34(19-26(35)36)27(37)40-29(4,5)6/h7-17H,18-19,32H2,1-6H3,(H,35,36). The largest absolute Gasteiger partial charge is 0.480 e. The number of carbonyl (C=O) groups is 2. The lowest BCUT2D eigenvalue weighted by molar-refractivity contribution is -0.135. The molecule has 1 atom stereocenters. The molecule has 3 aromatic rings. The van der Waals surface area contributed by atoms with Crippen LogP contribution in [-0.2, 0) is 36.1 Å². The van der Waals surface area contributed by atoms with E-state index in [2.05, 4.69) is 25.8 Å². The summed E-state index contributed by atoms with van der Waals surface area (Å²) >= 11 is 0. The maximum atomic E-state index is 14.1. The molecule has 3 rings (SSSR count). The van der Waals surface area contributed by atoms with Crippen molar-refractivity contribution in [2.75, 3.05) is 11.4 Å². The molecule has 2 aromatic carbocycles. The molecule has 0 aliphatic heterocycles. The van der Waals surface area contributed by atoms with E-state index in [0.717, 1.165) is 34.7 Å². The van der Waals surface area contributed by atoms with Crippen LogP contribution in [0, 0.1) is 5.82 Å². The summed E-state index contributed by atoms with van der Waals surface area (Å²) in [4.78, 5) is 27.3. The van der Waals surface area contributed by atoms with Crippen molar-refractivity contribution in [2.45, 2.75) is 68.7 Å². The fourth-order valence-corrected chi connectivity index (χ4v) is 5.73. The Morgan fingerprint density at radius 1 is 0.951 bits per heavy atom. The molecule has 0 saturated heterocycles. The lowest BCUT2D eigenvalue weighted by atomic mass is 9.86. The first-order valence-electron chi connectivity index (χ1n) is 12.9. The maximum Gasteiger partial charge on any atom is 0.416 e. The summed E-state index contributed by atoms with van der Waals surface area (Å²) in [6.07, 6.45) is -1.20. The average molecular weight is 586 g/mol. The van der Waals surface area contributed by atoms with Gasteiger partial charge < -0.3 is 15.6 Å². The van der Waals surface area contributed by atoms with Gasteiger partial charge in [-0.2, -0.15) is 0 Å². The first kappa shape index (κ1) is 31.7. The van der Waals surface area contributed by atoms with Crippen molar-refractivity contribution < 1.29 is 32.2 Å². The Labute approximate surface area is 240 Å². The number of aromatic nitrogens is 1. The van der Waals surface area contributed by atoms with E-state index in [1.54, 1.807) is 32.9 Å². The van der Waals surface area contributed by atoms with Gasteiger partial charge in [-0.15, -0.1) is 0 Å². The second-order valence-corrected chi connectivity index (χ2v) is 14.0. The number of carboxylic acid groups (broad SMARTS) is 1. The monoisotopic (exact) mass is 585 g/mol. The van der Waals surface area contributed by atoms with Gasteiger partial charge in [0.15, 0.2) is 4.87 Å². The van der Waals surface area contributed by atoms with Gasteiger partial charge in [0.05, 0.1) is 10.6 Å². The molecule has 41 heavy (non-hydrogen) atoms. The van der Waals surface area contributed by atoms with Gasteiger partial charge in [0, 0.05) is 6.42 Å². The molecule has 220 valence electrons. The van der Waals surface area contributed by atoms with Crippen molar-refractivity contribution >= 4 is 27.7 Å². The van der Waals surface area contributed by atoms with Crippen molar-refractivity contribution in [2.24, 2.45) is 5.73 Å². The number of pyridine rings is 1. The zero-order valence-corrected chi connectivity index (χ0v) is 24.8. The number of carbonyl (C=O) groups excluding carboxylic acids is 1. The second-order valence-electron chi connectivity index (χ2n) is 11.8. The molecule has 0 fully saturated rings. The first-order chi connectivity index (χ1) is 18.8. The number of hydrogen-bond donors (Lipinski definition) is 2. The van der Waals surface area contributed by atoms with Crippen LogP contribution in [0.4, 0.5) is 15.0 Å². The van der Waals surface area contributed by atoms with Gasteiger partial charge in [0.25, 0.3) is 0 Å². The molecule has 0 saturated carbocycles. The van der Waals surface area contributed by atoms with Crippen molar-refractivity contribution in [1.82, 2.24) is 4.98 Å². The summed E-state index contributed by atoms with van der Waals surface area (Å²) in [6.45, 7) is 10.2. The lowest BCUT2D eigenvalue weighted by Crippen LogP contribution is -2.48. The van der Waals surface area contributed by atoms with E-state index in [1.807, 2.05) is 12.1 Å². The van der Waals surface area contributed by atoms with Crippen LogP contribution in [0.5, 0.6) is 0 Å². The van der Waals surface area contributed by atoms with E-state index < -0.39 is 44.7 Å². The number of carboxylic acids is 1. The summed E-state index contributed by atoms with van der Waals surface area (Å²) < 4.78 is 47.2. The Morgan fingerprint density at radius 3 is 2.05 bits per heavy atom. The second kappa shape index (κ2) is 11.6. The number of benzene rings is 2. The molecule has 1 unspecified atom stereocenters. The minimum absolute atomic E-state index is 0.135. The number of nitrogens with two attached hydrogens (primary N) is 1. The Bertz CT molecular complexity index is 1510. The van der Waals surface area contributed by atoms with Gasteiger partial charge in [-0.3, -0.25) is 9.69 Å². The van der Waals surface area contributed by atoms with Gasteiger partial charge in [-0.1, -0.05) is 51.1 Å². The van der Waals surface area contributed by atoms with Crippen molar-refractivity contribution in [3.05, 3.63) is 89.4 Å². The number of hydrogen-bond acceptors (Lipinski definition) is 7. The predicted molar refractivity (Wildman–Crippen MR) is 154 cm³/mol. The number of rotatable bonds is 8. The highest BCUT2D eigenvalue weighted by molar-refractivity contribution is 7.92. The fourth-order valence-electron chi connectivity index (χ4n) is 4.07. The molecule has 11 heteroatoms. The third-order valence-electron chi connectivity index (χ3n) is 6.24. The van der Waals surface area contributed by atoms with Gasteiger partial charge in [0.1, 0.15) is 23.8 Å². The van der Waals surface area contributed by atoms with Gasteiger partial charge in [-0.05, 0) is 73.7 Å². The van der Waals surface area contributed by atoms with E-state index in [9.17, 15) is 27.5 Å². The Morgan fingerprint density at radius 2 is 1.54 bits per heavy atom. The zero-order valence-electron chi connectivity index (χ0n) is 24.0. The molecular formula is C30H36FN3O6S. The highest BCUT2D eigenvalue weighted by Gasteiger charge is 2.45. The van der Waals surface area contributed by atoms with E-state index in [-0.39, 0.29) is 28.2 Å². The van der Waals surface area contributed by atoms with Crippen LogP contribution < -0.4 is 10.6 Å². The lowest BCUT2D eigenvalue weighted by Gasteiger charge is -2.31. The Balaban J connectivity index is 2.19. The molecule has 0 radical (unpaired) electrons. The zero-order chi connectivity index (χ0) is 30.8. The number of aliphatic carboxylic acids is 1. The van der Waals surface area contributed by atoms with Crippen molar-refractivity contribution in [3.63, 3.8) is 0 Å².